The van der Waals surface area contributed by atoms with Crippen molar-refractivity contribution < 1.29 is 28.3 Å². The number of H-pyrrole nitrogens is 1. The Kier molecular flexibility index (Phi) is 8.31. The molecule has 0 aliphatic carbocycles. The van der Waals surface area contributed by atoms with Crippen molar-refractivity contribution in [3.63, 3.8) is 0 Å². The maximum absolute atomic E-state index is 13.4. The van der Waals surface area contributed by atoms with Crippen LogP contribution < -0.4 is 24.7 Å². The topological polar surface area (TPSA) is 146 Å². The van der Waals surface area contributed by atoms with E-state index in [1.807, 2.05) is 36.4 Å². The first-order valence-corrected chi connectivity index (χ1v) is 11.7. The zero-order chi connectivity index (χ0) is 28.6. The Hall–Kier alpha value is -5.76. The van der Waals surface area contributed by atoms with Gasteiger partial charge in [0.2, 0.25) is 5.82 Å². The Morgan fingerprint density at radius 1 is 0.800 bits per heavy atom. The van der Waals surface area contributed by atoms with E-state index in [9.17, 15) is 14.5 Å². The first kappa shape index (κ1) is 27.3. The van der Waals surface area contributed by atoms with E-state index in [0.29, 0.717) is 34.4 Å². The van der Waals surface area contributed by atoms with Gasteiger partial charge in [-0.2, -0.15) is 9.65 Å². The number of benzene rings is 4. The predicted molar refractivity (Wildman–Crippen MR) is 147 cm³/mol. The summed E-state index contributed by atoms with van der Waals surface area (Å²) in [4.78, 5) is 12.7. The molecule has 5 aromatic rings. The number of hydrogen-bond acceptors (Lipinski definition) is 8. The molecule has 1 aromatic heterocycles. The second kappa shape index (κ2) is 12.2. The Labute approximate surface area is 228 Å². The van der Waals surface area contributed by atoms with Crippen molar-refractivity contribution in [3.8, 4) is 40.6 Å². The highest BCUT2D eigenvalue weighted by molar-refractivity contribution is 5.92. The molecule has 0 aliphatic rings. The molecule has 40 heavy (non-hydrogen) atoms. The Morgan fingerprint density at radius 3 is 1.75 bits per heavy atom. The summed E-state index contributed by atoms with van der Waals surface area (Å²) in [6.45, 7) is 0. The van der Waals surface area contributed by atoms with E-state index < -0.39 is 16.4 Å². The van der Waals surface area contributed by atoms with Gasteiger partial charge >= 0.3 is 5.69 Å². The lowest BCUT2D eigenvalue weighted by atomic mass is 10.2. The van der Waals surface area contributed by atoms with Gasteiger partial charge in [-0.3, -0.25) is 10.1 Å². The number of fused-ring (bicyclic) bond motifs is 1. The SMILES string of the molecule is COc1ccc(Oc2ccc([N+](=O)[O-])c(F)c2)cc1.COc1ccc(Oc2ccc3[nH]c(N)c(C#N)c3c2)cc1. The molecule has 0 bridgehead atoms. The van der Waals surface area contributed by atoms with Gasteiger partial charge in [-0.15, -0.1) is 0 Å². The predicted octanol–water partition coefficient (Wildman–Crippen LogP) is 6.96. The number of rotatable bonds is 7. The van der Waals surface area contributed by atoms with Crippen molar-refractivity contribution in [2.45, 2.75) is 0 Å². The molecule has 202 valence electrons. The van der Waals surface area contributed by atoms with Crippen molar-refractivity contribution in [3.05, 3.63) is 106 Å². The summed E-state index contributed by atoms with van der Waals surface area (Å²) in [6, 6.07) is 24.9. The molecule has 0 saturated carbocycles. The molecule has 0 fully saturated rings. The average molecular weight is 543 g/mol. The van der Waals surface area contributed by atoms with Crippen LogP contribution in [-0.4, -0.2) is 24.1 Å². The molecule has 0 saturated heterocycles. The number of methoxy groups -OCH3 is 2. The van der Waals surface area contributed by atoms with Gasteiger partial charge in [0.15, 0.2) is 0 Å². The number of nitro benzene ring substituents is 1. The zero-order valence-corrected chi connectivity index (χ0v) is 21.4. The average Bonchev–Trinajstić information content (AvgIpc) is 3.28. The molecular formula is C29H23FN4O6. The van der Waals surface area contributed by atoms with Crippen LogP contribution in [0.5, 0.6) is 34.5 Å². The number of nitrogens with two attached hydrogens (primary N) is 1. The maximum atomic E-state index is 13.4. The first-order chi connectivity index (χ1) is 19.3. The quantitative estimate of drug-likeness (QED) is 0.166. The number of nitriles is 1. The van der Waals surface area contributed by atoms with E-state index >= 15 is 0 Å². The number of nitrogen functional groups attached to an aromatic ring is 1. The van der Waals surface area contributed by atoms with Gasteiger partial charge in [0.05, 0.1) is 19.1 Å². The number of aromatic nitrogens is 1. The zero-order valence-electron chi connectivity index (χ0n) is 21.4. The van der Waals surface area contributed by atoms with Crippen molar-refractivity contribution in [1.29, 1.82) is 5.26 Å². The van der Waals surface area contributed by atoms with Gasteiger partial charge in [0.25, 0.3) is 0 Å². The standard InChI is InChI=1S/C16H13N3O2.C13H10FNO4/c1-20-10-2-4-11(5-3-10)21-12-6-7-15-13(8-12)14(9-17)16(18)19-15;1-18-9-2-4-10(5-3-9)19-11-6-7-13(15(16)17)12(14)8-11/h2-8,19H,18H2,1H3;2-8H,1H3. The minimum Gasteiger partial charge on any atom is -0.497 e. The van der Waals surface area contributed by atoms with Gasteiger partial charge < -0.3 is 29.7 Å². The summed E-state index contributed by atoms with van der Waals surface area (Å²) in [7, 11) is 3.16. The first-order valence-electron chi connectivity index (χ1n) is 11.7. The number of halogens is 1. The summed E-state index contributed by atoms with van der Waals surface area (Å²) in [5.74, 6) is 2.87. The van der Waals surface area contributed by atoms with Crippen LogP contribution in [0.25, 0.3) is 10.9 Å². The molecule has 1 heterocycles. The highest BCUT2D eigenvalue weighted by Crippen LogP contribution is 2.31. The largest absolute Gasteiger partial charge is 0.497 e. The Bertz CT molecular complexity index is 1680. The molecule has 0 radical (unpaired) electrons. The number of ether oxygens (including phenoxy) is 4. The lowest BCUT2D eigenvalue weighted by Crippen LogP contribution is -1.93. The van der Waals surface area contributed by atoms with Crippen LogP contribution in [0.1, 0.15) is 5.56 Å². The molecule has 5 rings (SSSR count). The summed E-state index contributed by atoms with van der Waals surface area (Å²) >= 11 is 0. The fourth-order valence-electron chi connectivity index (χ4n) is 3.63. The van der Waals surface area contributed by atoms with Crippen molar-refractivity contribution in [2.75, 3.05) is 20.0 Å². The van der Waals surface area contributed by atoms with Crippen molar-refractivity contribution in [2.24, 2.45) is 0 Å². The number of nitrogens with zero attached hydrogens (tertiary/aromatic N) is 2. The lowest BCUT2D eigenvalue weighted by molar-refractivity contribution is -0.387. The highest BCUT2D eigenvalue weighted by Gasteiger charge is 2.14. The number of aromatic amines is 1. The van der Waals surface area contributed by atoms with E-state index in [1.165, 1.54) is 6.07 Å². The van der Waals surface area contributed by atoms with Crippen LogP contribution in [0.15, 0.2) is 84.9 Å². The number of nitrogens with one attached hydrogen (secondary N) is 1. The highest BCUT2D eigenvalue weighted by atomic mass is 19.1. The molecular weight excluding hydrogens is 519 g/mol. The molecule has 10 nitrogen and oxygen atoms in total. The van der Waals surface area contributed by atoms with Crippen LogP contribution >= 0.6 is 0 Å². The van der Waals surface area contributed by atoms with Crippen LogP contribution in [-0.2, 0) is 0 Å². The molecule has 0 unspecified atom stereocenters. The third-order valence-electron chi connectivity index (χ3n) is 5.62. The minimum atomic E-state index is -0.934. The van der Waals surface area contributed by atoms with E-state index in [2.05, 4.69) is 11.1 Å². The Morgan fingerprint density at radius 2 is 1.27 bits per heavy atom. The summed E-state index contributed by atoms with van der Waals surface area (Å²) in [5, 5.41) is 20.4. The molecule has 0 aliphatic heterocycles. The van der Waals surface area contributed by atoms with Crippen molar-refractivity contribution >= 4 is 22.4 Å². The smallest absolute Gasteiger partial charge is 0.305 e. The third-order valence-corrected chi connectivity index (χ3v) is 5.62. The van der Waals surface area contributed by atoms with E-state index in [4.69, 9.17) is 29.9 Å². The summed E-state index contributed by atoms with van der Waals surface area (Å²) in [5.41, 5.74) is 6.43. The van der Waals surface area contributed by atoms with Crippen LogP contribution in [0.2, 0.25) is 0 Å². The van der Waals surface area contributed by atoms with E-state index in [0.717, 1.165) is 28.8 Å². The maximum Gasteiger partial charge on any atom is 0.305 e. The second-order valence-electron chi connectivity index (χ2n) is 8.16. The summed E-state index contributed by atoms with van der Waals surface area (Å²) < 4.78 is 34.6. The Balaban J connectivity index is 0.000000186. The summed E-state index contributed by atoms with van der Waals surface area (Å²) in [6.07, 6.45) is 0. The minimum absolute atomic E-state index is 0.188. The molecule has 0 amide bonds. The molecule has 0 atom stereocenters. The van der Waals surface area contributed by atoms with Gasteiger partial charge in [-0.25, -0.2) is 0 Å². The van der Waals surface area contributed by atoms with Crippen LogP contribution in [0.3, 0.4) is 0 Å². The van der Waals surface area contributed by atoms with E-state index in [1.54, 1.807) is 44.6 Å². The number of nitro groups is 1. The normalized spacial score (nSPS) is 10.2. The number of hydrogen-bond donors (Lipinski definition) is 2. The van der Waals surface area contributed by atoms with Crippen molar-refractivity contribution in [1.82, 2.24) is 4.98 Å². The van der Waals surface area contributed by atoms with Gasteiger partial charge in [0, 0.05) is 23.0 Å². The van der Waals surface area contributed by atoms with Gasteiger partial charge in [0.1, 0.15) is 51.9 Å². The fraction of sp³-hybridized carbons (Fsp3) is 0.0690. The van der Waals surface area contributed by atoms with Crippen LogP contribution in [0.4, 0.5) is 15.9 Å². The third kappa shape index (κ3) is 6.38. The molecule has 11 heteroatoms. The molecule has 0 spiro atoms. The second-order valence-corrected chi connectivity index (χ2v) is 8.16. The fourth-order valence-corrected chi connectivity index (χ4v) is 3.63. The van der Waals surface area contributed by atoms with Gasteiger partial charge in [-0.1, -0.05) is 0 Å². The lowest BCUT2D eigenvalue weighted by Gasteiger charge is -2.06. The van der Waals surface area contributed by atoms with Gasteiger partial charge in [-0.05, 0) is 72.8 Å². The molecule has 3 N–H and O–H groups in total. The van der Waals surface area contributed by atoms with Crippen LogP contribution in [0, 0.1) is 27.3 Å². The number of anilines is 1. The van der Waals surface area contributed by atoms with E-state index in [-0.39, 0.29) is 5.75 Å². The monoisotopic (exact) mass is 542 g/mol. The molecule has 4 aromatic carbocycles.